The molecule has 5 nitrogen and oxygen atoms in total. The number of nitrogens with one attached hydrogen (secondary N) is 1. The van der Waals surface area contributed by atoms with Crippen molar-refractivity contribution in [2.24, 2.45) is 0 Å². The third-order valence-electron chi connectivity index (χ3n) is 5.20. The highest BCUT2D eigenvalue weighted by molar-refractivity contribution is 6.01. The number of carbonyl (C=O) groups excluding carboxylic acids is 1. The molecule has 2 aromatic carbocycles. The maximum absolute atomic E-state index is 13.0. The molecule has 1 fully saturated rings. The predicted molar refractivity (Wildman–Crippen MR) is 104 cm³/mol. The minimum absolute atomic E-state index is 0.0108. The minimum Gasteiger partial charge on any atom is -0.337 e. The maximum atomic E-state index is 13.0. The zero-order valence-corrected chi connectivity index (χ0v) is 14.8. The minimum atomic E-state index is 0.0108. The van der Waals surface area contributed by atoms with Crippen LogP contribution in [0.2, 0.25) is 0 Å². The number of nitrogens with zero attached hydrogens (tertiary/aromatic N) is 3. The van der Waals surface area contributed by atoms with Gasteiger partial charge in [0.25, 0.3) is 0 Å². The second-order valence-electron chi connectivity index (χ2n) is 6.89. The van der Waals surface area contributed by atoms with Gasteiger partial charge in [0.15, 0.2) is 0 Å². The van der Waals surface area contributed by atoms with Crippen LogP contribution in [0.3, 0.4) is 0 Å². The molecule has 1 atom stereocenters. The van der Waals surface area contributed by atoms with Crippen LogP contribution in [0, 0.1) is 0 Å². The summed E-state index contributed by atoms with van der Waals surface area (Å²) in [6.07, 6.45) is 9.90. The van der Waals surface area contributed by atoms with Crippen LogP contribution < -0.4 is 5.32 Å². The monoisotopic (exact) mass is 348 g/mol. The second-order valence-corrected chi connectivity index (χ2v) is 6.89. The number of benzene rings is 2. The van der Waals surface area contributed by atoms with Crippen molar-refractivity contribution in [2.75, 3.05) is 11.9 Å². The Bertz CT molecular complexity index is 869. The molecular formula is C21H24N4O. The summed E-state index contributed by atoms with van der Waals surface area (Å²) in [5, 5.41) is 5.36. The molecule has 0 aliphatic carbocycles. The molecular weight excluding hydrogens is 324 g/mol. The standard InChI is InChI=1S/C21H24N4O/c26-21(23-20-10-5-7-17-6-1-2-9-19(17)20)25-13-4-3-8-18(25)11-14-24-15-12-22-16-24/h1-2,5-7,9-10,12,15-16,18H,3-4,8,11,13-14H2,(H,23,26). The van der Waals surface area contributed by atoms with E-state index in [-0.39, 0.29) is 12.1 Å². The van der Waals surface area contributed by atoms with Crippen molar-refractivity contribution in [3.63, 3.8) is 0 Å². The van der Waals surface area contributed by atoms with Gasteiger partial charge in [0.05, 0.1) is 12.0 Å². The van der Waals surface area contributed by atoms with Crippen LogP contribution >= 0.6 is 0 Å². The molecule has 1 aromatic heterocycles. The molecule has 134 valence electrons. The molecule has 4 rings (SSSR count). The average molecular weight is 348 g/mol. The normalized spacial score (nSPS) is 17.4. The van der Waals surface area contributed by atoms with E-state index in [2.05, 4.69) is 33.1 Å². The number of hydrogen-bond donors (Lipinski definition) is 1. The van der Waals surface area contributed by atoms with E-state index < -0.39 is 0 Å². The van der Waals surface area contributed by atoms with E-state index in [4.69, 9.17) is 0 Å². The van der Waals surface area contributed by atoms with Gasteiger partial charge < -0.3 is 14.8 Å². The van der Waals surface area contributed by atoms with Gasteiger partial charge in [-0.2, -0.15) is 0 Å². The van der Waals surface area contributed by atoms with E-state index in [1.807, 2.05) is 41.7 Å². The van der Waals surface area contributed by atoms with Gasteiger partial charge in [0.1, 0.15) is 0 Å². The summed E-state index contributed by atoms with van der Waals surface area (Å²) in [6, 6.07) is 14.5. The number of anilines is 1. The first-order valence-corrected chi connectivity index (χ1v) is 9.32. The fourth-order valence-electron chi connectivity index (χ4n) is 3.81. The van der Waals surface area contributed by atoms with Crippen molar-refractivity contribution in [1.82, 2.24) is 14.5 Å². The molecule has 1 aliphatic rings. The second kappa shape index (κ2) is 7.60. The SMILES string of the molecule is O=C(Nc1cccc2ccccc12)N1CCCCC1CCn1ccnc1. The largest absolute Gasteiger partial charge is 0.337 e. The number of aryl methyl sites for hydroxylation is 1. The Morgan fingerprint density at radius 1 is 1.15 bits per heavy atom. The number of aromatic nitrogens is 2. The molecule has 0 saturated carbocycles. The molecule has 0 spiro atoms. The molecule has 3 aromatic rings. The zero-order chi connectivity index (χ0) is 17.8. The Morgan fingerprint density at radius 3 is 2.92 bits per heavy atom. The van der Waals surface area contributed by atoms with E-state index in [9.17, 15) is 4.79 Å². The number of imidazole rings is 1. The molecule has 0 radical (unpaired) electrons. The fourth-order valence-corrected chi connectivity index (χ4v) is 3.81. The molecule has 5 heteroatoms. The average Bonchev–Trinajstić information content (AvgIpc) is 3.20. The lowest BCUT2D eigenvalue weighted by atomic mass is 9.99. The van der Waals surface area contributed by atoms with Crippen molar-refractivity contribution in [1.29, 1.82) is 0 Å². The number of rotatable bonds is 4. The van der Waals surface area contributed by atoms with E-state index in [0.29, 0.717) is 0 Å². The van der Waals surface area contributed by atoms with Gasteiger partial charge >= 0.3 is 6.03 Å². The van der Waals surface area contributed by atoms with Crippen LogP contribution in [-0.2, 0) is 6.54 Å². The number of carbonyl (C=O) groups is 1. The number of amides is 2. The summed E-state index contributed by atoms with van der Waals surface area (Å²) < 4.78 is 2.08. The summed E-state index contributed by atoms with van der Waals surface area (Å²) in [6.45, 7) is 1.72. The Kier molecular flexibility index (Phi) is 4.86. The Hall–Kier alpha value is -2.82. The Balaban J connectivity index is 1.48. The highest BCUT2D eigenvalue weighted by Crippen LogP contribution is 2.25. The Labute approximate surface area is 153 Å². The van der Waals surface area contributed by atoms with Crippen molar-refractivity contribution >= 4 is 22.5 Å². The predicted octanol–water partition coefficient (Wildman–Crippen LogP) is 4.51. The van der Waals surface area contributed by atoms with Crippen molar-refractivity contribution < 1.29 is 4.79 Å². The van der Waals surface area contributed by atoms with Crippen LogP contribution in [0.25, 0.3) is 10.8 Å². The number of fused-ring (bicyclic) bond motifs is 1. The summed E-state index contributed by atoms with van der Waals surface area (Å²) in [5.41, 5.74) is 0.882. The first kappa shape index (κ1) is 16.6. The highest BCUT2D eigenvalue weighted by atomic mass is 16.2. The molecule has 0 bridgehead atoms. The van der Waals surface area contributed by atoms with E-state index >= 15 is 0 Å². The number of piperidine rings is 1. The first-order valence-electron chi connectivity index (χ1n) is 9.32. The topological polar surface area (TPSA) is 50.2 Å². The maximum Gasteiger partial charge on any atom is 0.322 e. The smallest absolute Gasteiger partial charge is 0.322 e. The highest BCUT2D eigenvalue weighted by Gasteiger charge is 2.26. The third kappa shape index (κ3) is 3.57. The van der Waals surface area contributed by atoms with Gasteiger partial charge in [-0.3, -0.25) is 0 Å². The molecule has 2 heterocycles. The molecule has 1 unspecified atom stereocenters. The number of likely N-dealkylation sites (tertiary alicyclic amines) is 1. The molecule has 1 aliphatic heterocycles. The van der Waals surface area contributed by atoms with Gasteiger partial charge in [-0.05, 0) is 37.1 Å². The van der Waals surface area contributed by atoms with Crippen LogP contribution in [0.1, 0.15) is 25.7 Å². The number of urea groups is 1. The summed E-state index contributed by atoms with van der Waals surface area (Å²) in [7, 11) is 0. The van der Waals surface area contributed by atoms with Crippen LogP contribution in [0.15, 0.2) is 61.2 Å². The van der Waals surface area contributed by atoms with E-state index in [0.717, 1.165) is 48.8 Å². The lowest BCUT2D eigenvalue weighted by molar-refractivity contribution is 0.155. The lowest BCUT2D eigenvalue weighted by Gasteiger charge is -2.36. The van der Waals surface area contributed by atoms with Gasteiger partial charge in [-0.1, -0.05) is 36.4 Å². The molecule has 2 amide bonds. The van der Waals surface area contributed by atoms with Crippen molar-refractivity contribution in [2.45, 2.75) is 38.3 Å². The summed E-state index contributed by atoms with van der Waals surface area (Å²) >= 11 is 0. The Morgan fingerprint density at radius 2 is 2.04 bits per heavy atom. The van der Waals surface area contributed by atoms with Gasteiger partial charge in [0.2, 0.25) is 0 Å². The summed E-state index contributed by atoms with van der Waals surface area (Å²) in [4.78, 5) is 19.1. The van der Waals surface area contributed by atoms with Gasteiger partial charge in [-0.15, -0.1) is 0 Å². The van der Waals surface area contributed by atoms with Gasteiger partial charge in [-0.25, -0.2) is 9.78 Å². The fraction of sp³-hybridized carbons (Fsp3) is 0.333. The third-order valence-corrected chi connectivity index (χ3v) is 5.20. The van der Waals surface area contributed by atoms with Crippen molar-refractivity contribution in [3.05, 3.63) is 61.2 Å². The quantitative estimate of drug-likeness (QED) is 0.754. The van der Waals surface area contributed by atoms with Crippen molar-refractivity contribution in [3.8, 4) is 0 Å². The van der Waals surface area contributed by atoms with E-state index in [1.165, 1.54) is 6.42 Å². The molecule has 1 N–H and O–H groups in total. The number of hydrogen-bond acceptors (Lipinski definition) is 2. The van der Waals surface area contributed by atoms with E-state index in [1.54, 1.807) is 6.20 Å². The van der Waals surface area contributed by atoms with Crippen LogP contribution in [0.5, 0.6) is 0 Å². The lowest BCUT2D eigenvalue weighted by Crippen LogP contribution is -2.46. The van der Waals surface area contributed by atoms with Gasteiger partial charge in [0, 0.05) is 36.9 Å². The summed E-state index contributed by atoms with van der Waals surface area (Å²) in [5.74, 6) is 0. The molecule has 26 heavy (non-hydrogen) atoms. The van der Waals surface area contributed by atoms with Crippen LogP contribution in [0.4, 0.5) is 10.5 Å². The molecule has 1 saturated heterocycles. The zero-order valence-electron chi connectivity index (χ0n) is 14.8. The first-order chi connectivity index (χ1) is 12.8. The van der Waals surface area contributed by atoms with Crippen LogP contribution in [-0.4, -0.2) is 33.1 Å².